The number of anilines is 1. The molecule has 6 aromatic rings. The van der Waals surface area contributed by atoms with E-state index in [0.717, 1.165) is 27.8 Å². The molecule has 4 heterocycles. The van der Waals surface area contributed by atoms with E-state index in [0.29, 0.717) is 23.4 Å². The Morgan fingerprint density at radius 2 is 1.74 bits per heavy atom. The molecule has 0 spiro atoms. The van der Waals surface area contributed by atoms with Crippen molar-refractivity contribution in [1.82, 2.24) is 33.9 Å². The third kappa shape index (κ3) is 3.29. The quantitative estimate of drug-likeness (QED) is 0.401. The van der Waals surface area contributed by atoms with Crippen LogP contribution >= 0.6 is 0 Å². The van der Waals surface area contributed by atoms with E-state index in [1.165, 1.54) is 0 Å². The molecule has 4 aromatic heterocycles. The number of fused-ring (bicyclic) bond motifs is 4. The normalized spacial score (nSPS) is 11.6. The second kappa shape index (κ2) is 7.80. The summed E-state index contributed by atoms with van der Waals surface area (Å²) in [5.74, 6) is 1.37. The molecule has 0 saturated heterocycles. The van der Waals surface area contributed by atoms with Gasteiger partial charge in [0.2, 0.25) is 0 Å². The van der Waals surface area contributed by atoms with E-state index < -0.39 is 0 Å². The van der Waals surface area contributed by atoms with Crippen molar-refractivity contribution in [3.05, 3.63) is 94.9 Å². The SMILES string of the molecule is CN(Cc1cnn(C)c1)c1nc(Cn2c(=O)c3ccccc3n3nccc23)nc2ccccc12. The van der Waals surface area contributed by atoms with Gasteiger partial charge in [-0.3, -0.25) is 14.0 Å². The van der Waals surface area contributed by atoms with Crippen molar-refractivity contribution < 1.29 is 0 Å². The molecular formula is C25H22N8O. The Morgan fingerprint density at radius 1 is 0.941 bits per heavy atom. The van der Waals surface area contributed by atoms with Crippen molar-refractivity contribution >= 4 is 33.3 Å². The van der Waals surface area contributed by atoms with Gasteiger partial charge in [0.1, 0.15) is 11.5 Å². The van der Waals surface area contributed by atoms with Crippen LogP contribution in [0.3, 0.4) is 0 Å². The van der Waals surface area contributed by atoms with Crippen molar-refractivity contribution in [2.24, 2.45) is 7.05 Å². The maximum atomic E-state index is 13.4. The summed E-state index contributed by atoms with van der Waals surface area (Å²) in [7, 11) is 3.91. The first-order valence-corrected chi connectivity index (χ1v) is 11.0. The third-order valence-electron chi connectivity index (χ3n) is 5.98. The molecule has 0 N–H and O–H groups in total. The smallest absolute Gasteiger partial charge is 0.262 e. The molecule has 0 saturated carbocycles. The van der Waals surface area contributed by atoms with Gasteiger partial charge < -0.3 is 4.90 Å². The molecule has 0 radical (unpaired) electrons. The first-order valence-electron chi connectivity index (χ1n) is 11.0. The van der Waals surface area contributed by atoms with Gasteiger partial charge in [0.15, 0.2) is 5.82 Å². The van der Waals surface area contributed by atoms with Crippen LogP contribution in [0.1, 0.15) is 11.4 Å². The molecule has 9 nitrogen and oxygen atoms in total. The van der Waals surface area contributed by atoms with Gasteiger partial charge in [-0.2, -0.15) is 10.2 Å². The summed E-state index contributed by atoms with van der Waals surface area (Å²) in [5, 5.41) is 10.3. The van der Waals surface area contributed by atoms with Crippen LogP contribution in [-0.2, 0) is 20.1 Å². The van der Waals surface area contributed by atoms with Crippen LogP contribution in [-0.4, -0.2) is 41.0 Å². The van der Waals surface area contributed by atoms with Crippen molar-refractivity contribution in [2.45, 2.75) is 13.1 Å². The molecule has 0 aliphatic rings. The molecule has 34 heavy (non-hydrogen) atoms. The van der Waals surface area contributed by atoms with E-state index in [1.807, 2.05) is 81.1 Å². The Balaban J connectivity index is 1.48. The molecule has 0 amide bonds. The predicted molar refractivity (Wildman–Crippen MR) is 131 cm³/mol. The second-order valence-corrected chi connectivity index (χ2v) is 8.37. The average Bonchev–Trinajstić information content (AvgIpc) is 3.50. The Kier molecular flexibility index (Phi) is 4.61. The number of aryl methyl sites for hydroxylation is 1. The number of nitrogens with zero attached hydrogens (tertiary/aromatic N) is 8. The second-order valence-electron chi connectivity index (χ2n) is 8.37. The summed E-state index contributed by atoms with van der Waals surface area (Å²) in [6.45, 7) is 0.883. The summed E-state index contributed by atoms with van der Waals surface area (Å²) >= 11 is 0. The van der Waals surface area contributed by atoms with Gasteiger partial charge in [-0.1, -0.05) is 24.3 Å². The van der Waals surface area contributed by atoms with Crippen LogP contribution in [0.2, 0.25) is 0 Å². The summed E-state index contributed by atoms with van der Waals surface area (Å²) in [4.78, 5) is 25.2. The monoisotopic (exact) mass is 450 g/mol. The number of rotatable bonds is 5. The largest absolute Gasteiger partial charge is 0.355 e. The first kappa shape index (κ1) is 20.1. The van der Waals surface area contributed by atoms with Crippen LogP contribution < -0.4 is 10.5 Å². The zero-order chi connectivity index (χ0) is 23.2. The lowest BCUT2D eigenvalue weighted by Crippen LogP contribution is -2.25. The fourth-order valence-corrected chi connectivity index (χ4v) is 4.44. The molecular weight excluding hydrogens is 428 g/mol. The lowest BCUT2D eigenvalue weighted by molar-refractivity contribution is 0.725. The van der Waals surface area contributed by atoms with Gasteiger partial charge in [-0.15, -0.1) is 0 Å². The van der Waals surface area contributed by atoms with Crippen LogP contribution in [0, 0.1) is 0 Å². The van der Waals surface area contributed by atoms with Gasteiger partial charge in [-0.05, 0) is 24.3 Å². The summed E-state index contributed by atoms with van der Waals surface area (Å²) in [6, 6.07) is 17.3. The van der Waals surface area contributed by atoms with Crippen molar-refractivity contribution in [3.8, 4) is 0 Å². The number of hydrogen-bond donors (Lipinski definition) is 0. The number of benzene rings is 2. The molecule has 9 heteroatoms. The maximum absolute atomic E-state index is 13.4. The van der Waals surface area contributed by atoms with E-state index in [-0.39, 0.29) is 12.1 Å². The molecule has 168 valence electrons. The topological polar surface area (TPSA) is 86.1 Å². The van der Waals surface area contributed by atoms with E-state index >= 15 is 0 Å². The minimum atomic E-state index is -0.0920. The Hall–Kier alpha value is -4.53. The summed E-state index contributed by atoms with van der Waals surface area (Å²) < 4.78 is 5.26. The Labute approximate surface area is 194 Å². The lowest BCUT2D eigenvalue weighted by Gasteiger charge is -2.20. The van der Waals surface area contributed by atoms with Gasteiger partial charge in [0.05, 0.1) is 35.4 Å². The highest BCUT2D eigenvalue weighted by atomic mass is 16.1. The molecule has 0 unspecified atom stereocenters. The molecule has 0 bridgehead atoms. The van der Waals surface area contributed by atoms with Gasteiger partial charge in [-0.25, -0.2) is 14.5 Å². The lowest BCUT2D eigenvalue weighted by atomic mass is 10.2. The van der Waals surface area contributed by atoms with Crippen molar-refractivity contribution in [3.63, 3.8) is 0 Å². The van der Waals surface area contributed by atoms with Gasteiger partial charge in [0, 0.05) is 43.9 Å². The Bertz CT molecular complexity index is 1730. The highest BCUT2D eigenvalue weighted by Gasteiger charge is 2.16. The minimum Gasteiger partial charge on any atom is -0.355 e. The van der Waals surface area contributed by atoms with Crippen LogP contribution in [0.15, 0.2) is 78.0 Å². The Morgan fingerprint density at radius 3 is 2.56 bits per heavy atom. The highest BCUT2D eigenvalue weighted by molar-refractivity contribution is 5.89. The van der Waals surface area contributed by atoms with Gasteiger partial charge in [0.25, 0.3) is 5.56 Å². The molecule has 0 aliphatic carbocycles. The van der Waals surface area contributed by atoms with E-state index in [1.54, 1.807) is 20.0 Å². The molecule has 0 fully saturated rings. The molecule has 0 aliphatic heterocycles. The maximum Gasteiger partial charge on any atom is 0.262 e. The van der Waals surface area contributed by atoms with Gasteiger partial charge >= 0.3 is 0 Å². The minimum absolute atomic E-state index is 0.0920. The molecule has 2 aromatic carbocycles. The van der Waals surface area contributed by atoms with E-state index in [9.17, 15) is 4.79 Å². The highest BCUT2D eigenvalue weighted by Crippen LogP contribution is 2.25. The zero-order valence-corrected chi connectivity index (χ0v) is 18.8. The van der Waals surface area contributed by atoms with E-state index in [4.69, 9.17) is 9.97 Å². The third-order valence-corrected chi connectivity index (χ3v) is 5.98. The predicted octanol–water partition coefficient (Wildman–Crippen LogP) is 3.01. The number of para-hydroxylation sites is 2. The fourth-order valence-electron chi connectivity index (χ4n) is 4.44. The average molecular weight is 451 g/mol. The van der Waals surface area contributed by atoms with E-state index in [2.05, 4.69) is 15.1 Å². The summed E-state index contributed by atoms with van der Waals surface area (Å²) in [5.41, 5.74) is 3.30. The van der Waals surface area contributed by atoms with Crippen LogP contribution in [0.4, 0.5) is 5.82 Å². The first-order chi connectivity index (χ1) is 16.6. The molecule has 6 rings (SSSR count). The molecule has 0 atom stereocenters. The van der Waals surface area contributed by atoms with Crippen molar-refractivity contribution in [1.29, 1.82) is 0 Å². The van der Waals surface area contributed by atoms with Crippen LogP contribution in [0.25, 0.3) is 27.5 Å². The number of hydrogen-bond acceptors (Lipinski definition) is 6. The number of aromatic nitrogens is 7. The van der Waals surface area contributed by atoms with Crippen molar-refractivity contribution in [2.75, 3.05) is 11.9 Å². The fraction of sp³-hybridized carbons (Fsp3) is 0.160. The van der Waals surface area contributed by atoms with Crippen LogP contribution in [0.5, 0.6) is 0 Å². The standard InChI is InChI=1S/C25H22N8O/c1-30(14-17-13-27-31(2)15-17)24-18-7-3-5-9-20(18)28-22(29-24)16-32-23-11-12-26-33(23)21-10-6-4-8-19(21)25(32)34/h3-13,15H,14,16H2,1-2H3. The zero-order valence-electron chi connectivity index (χ0n) is 18.8. The summed E-state index contributed by atoms with van der Waals surface area (Å²) in [6.07, 6.45) is 5.55.